The molecule has 0 aliphatic carbocycles. The summed E-state index contributed by atoms with van der Waals surface area (Å²) in [5, 5.41) is 0.0565. The van der Waals surface area contributed by atoms with Gasteiger partial charge in [-0.25, -0.2) is 12.8 Å². The minimum atomic E-state index is -3.74. The number of rotatable bonds is 3. The molecule has 1 amide bonds. The predicted molar refractivity (Wildman–Crippen MR) is 110 cm³/mol. The monoisotopic (exact) mass is 452 g/mol. The first-order valence-corrected chi connectivity index (χ1v) is 11.5. The molecule has 0 unspecified atom stereocenters. The van der Waals surface area contributed by atoms with E-state index < -0.39 is 27.5 Å². The number of hydrogen-bond acceptors (Lipinski definition) is 4. The summed E-state index contributed by atoms with van der Waals surface area (Å²) < 4.78 is 47.9. The largest absolute Gasteiger partial charge is 0.358 e. The maximum Gasteiger partial charge on any atom is 0.258 e. The van der Waals surface area contributed by atoms with Gasteiger partial charge < -0.3 is 9.64 Å². The lowest BCUT2D eigenvalue weighted by molar-refractivity contribution is -0.0857. The highest BCUT2D eigenvalue weighted by atomic mass is 35.5. The Morgan fingerprint density at radius 3 is 2.40 bits per heavy atom. The Balaban J connectivity index is 1.54. The highest BCUT2D eigenvalue weighted by Crippen LogP contribution is 2.38. The van der Waals surface area contributed by atoms with E-state index in [2.05, 4.69) is 0 Å². The third-order valence-electron chi connectivity index (χ3n) is 5.74. The fraction of sp³-hybridized carbons (Fsp3) is 0.381. The standard InChI is InChI=1S/C21H22ClFN2O4S/c1-15-5-7-16(8-6-15)30(27,28)25-13-14-29-21(25)9-11-24(12-10-21)20(26)19-17(22)3-2-4-18(19)23/h2-8H,9-14H2,1H3. The van der Waals surface area contributed by atoms with Gasteiger partial charge >= 0.3 is 0 Å². The molecular formula is C21H22ClFN2O4S. The molecule has 0 radical (unpaired) electrons. The summed E-state index contributed by atoms with van der Waals surface area (Å²) in [7, 11) is -3.74. The normalized spacial score (nSPS) is 19.4. The number of halogens is 2. The Labute approximate surface area is 180 Å². The number of carbonyl (C=O) groups excluding carboxylic acids is 1. The highest BCUT2D eigenvalue weighted by molar-refractivity contribution is 7.89. The molecule has 1 spiro atoms. The van der Waals surface area contributed by atoms with Crippen molar-refractivity contribution in [3.05, 3.63) is 64.4 Å². The molecule has 2 heterocycles. The molecule has 9 heteroatoms. The summed E-state index contributed by atoms with van der Waals surface area (Å²) in [6.45, 7) is 2.92. The van der Waals surface area contributed by atoms with E-state index in [9.17, 15) is 17.6 Å². The summed E-state index contributed by atoms with van der Waals surface area (Å²) in [6, 6.07) is 10.8. The molecule has 0 saturated carbocycles. The smallest absolute Gasteiger partial charge is 0.258 e. The van der Waals surface area contributed by atoms with Crippen molar-refractivity contribution < 1.29 is 22.3 Å². The van der Waals surface area contributed by atoms with E-state index in [1.807, 2.05) is 6.92 Å². The Kier molecular flexibility index (Phi) is 5.61. The van der Waals surface area contributed by atoms with Crippen LogP contribution in [-0.2, 0) is 14.8 Å². The van der Waals surface area contributed by atoms with Crippen LogP contribution < -0.4 is 0 Å². The molecule has 2 aromatic rings. The average Bonchev–Trinajstić information content (AvgIpc) is 3.12. The first-order valence-electron chi connectivity index (χ1n) is 9.71. The zero-order valence-corrected chi connectivity index (χ0v) is 18.0. The Hall–Kier alpha value is -2.00. The Morgan fingerprint density at radius 1 is 1.10 bits per heavy atom. The lowest BCUT2D eigenvalue weighted by Gasteiger charge is -2.42. The SMILES string of the molecule is Cc1ccc(S(=O)(=O)N2CCOC23CCN(C(=O)c2c(F)cccc2Cl)CC3)cc1. The second kappa shape index (κ2) is 7.92. The summed E-state index contributed by atoms with van der Waals surface area (Å²) >= 11 is 6.03. The third-order valence-corrected chi connectivity index (χ3v) is 8.02. The first kappa shape index (κ1) is 21.2. The quantitative estimate of drug-likeness (QED) is 0.715. The van der Waals surface area contributed by atoms with E-state index in [0.717, 1.165) is 5.56 Å². The number of carbonyl (C=O) groups is 1. The summed E-state index contributed by atoms with van der Waals surface area (Å²) in [4.78, 5) is 14.5. The van der Waals surface area contributed by atoms with Gasteiger partial charge in [-0.05, 0) is 31.2 Å². The van der Waals surface area contributed by atoms with Crippen molar-refractivity contribution in [2.24, 2.45) is 0 Å². The van der Waals surface area contributed by atoms with Crippen molar-refractivity contribution in [1.82, 2.24) is 9.21 Å². The maximum absolute atomic E-state index is 14.1. The second-order valence-corrected chi connectivity index (χ2v) is 9.84. The molecular weight excluding hydrogens is 431 g/mol. The van der Waals surface area contributed by atoms with Crippen LogP contribution >= 0.6 is 11.6 Å². The minimum absolute atomic E-state index is 0.0565. The predicted octanol–water partition coefficient (Wildman–Crippen LogP) is 3.44. The number of hydrogen-bond donors (Lipinski definition) is 0. The van der Waals surface area contributed by atoms with Gasteiger partial charge in [0, 0.05) is 32.5 Å². The van der Waals surface area contributed by atoms with Crippen LogP contribution in [-0.4, -0.2) is 55.5 Å². The number of ether oxygens (including phenoxy) is 1. The van der Waals surface area contributed by atoms with Gasteiger partial charge in [0.1, 0.15) is 11.5 Å². The van der Waals surface area contributed by atoms with Gasteiger partial charge in [0.15, 0.2) is 0 Å². The van der Waals surface area contributed by atoms with Gasteiger partial charge in [0.05, 0.1) is 22.1 Å². The number of nitrogens with zero attached hydrogens (tertiary/aromatic N) is 2. The molecule has 2 fully saturated rings. The van der Waals surface area contributed by atoms with Crippen molar-refractivity contribution in [3.8, 4) is 0 Å². The molecule has 160 valence electrons. The fourth-order valence-electron chi connectivity index (χ4n) is 4.08. The summed E-state index contributed by atoms with van der Waals surface area (Å²) in [5.74, 6) is -1.17. The van der Waals surface area contributed by atoms with E-state index in [0.29, 0.717) is 12.8 Å². The van der Waals surface area contributed by atoms with Gasteiger partial charge in [-0.2, -0.15) is 4.31 Å². The zero-order chi connectivity index (χ0) is 21.5. The van der Waals surface area contributed by atoms with Gasteiger partial charge in [0.25, 0.3) is 5.91 Å². The molecule has 4 rings (SSSR count). The summed E-state index contributed by atoms with van der Waals surface area (Å²) in [6.07, 6.45) is 0.603. The number of amides is 1. The van der Waals surface area contributed by atoms with Crippen LogP contribution in [0.2, 0.25) is 5.02 Å². The number of piperidine rings is 1. The second-order valence-electron chi connectivity index (χ2n) is 7.57. The number of likely N-dealkylation sites (tertiary alicyclic amines) is 1. The molecule has 2 aromatic carbocycles. The number of benzene rings is 2. The Bertz CT molecular complexity index is 1050. The number of sulfonamides is 1. The van der Waals surface area contributed by atoms with E-state index >= 15 is 0 Å². The van der Waals surface area contributed by atoms with E-state index in [1.54, 1.807) is 24.3 Å². The molecule has 6 nitrogen and oxygen atoms in total. The topological polar surface area (TPSA) is 66.9 Å². The molecule has 0 aromatic heterocycles. The van der Waals surface area contributed by atoms with Crippen LogP contribution in [0.5, 0.6) is 0 Å². The van der Waals surface area contributed by atoms with Gasteiger partial charge in [-0.3, -0.25) is 4.79 Å². The minimum Gasteiger partial charge on any atom is -0.358 e. The average molecular weight is 453 g/mol. The van der Waals surface area contributed by atoms with Crippen molar-refractivity contribution in [3.63, 3.8) is 0 Å². The molecule has 0 atom stereocenters. The first-order chi connectivity index (χ1) is 14.2. The number of aryl methyl sites for hydroxylation is 1. The van der Waals surface area contributed by atoms with Crippen molar-refractivity contribution in [2.75, 3.05) is 26.2 Å². The van der Waals surface area contributed by atoms with Crippen LogP contribution in [0, 0.1) is 12.7 Å². The summed E-state index contributed by atoms with van der Waals surface area (Å²) in [5.41, 5.74) is -0.189. The molecule has 0 N–H and O–H groups in total. The fourth-order valence-corrected chi connectivity index (χ4v) is 6.05. The van der Waals surface area contributed by atoms with E-state index in [-0.39, 0.29) is 41.7 Å². The zero-order valence-electron chi connectivity index (χ0n) is 16.5. The lowest BCUT2D eigenvalue weighted by atomic mass is 10.00. The van der Waals surface area contributed by atoms with Crippen molar-refractivity contribution >= 4 is 27.5 Å². The maximum atomic E-state index is 14.1. The van der Waals surface area contributed by atoms with E-state index in [4.69, 9.17) is 16.3 Å². The van der Waals surface area contributed by atoms with Crippen LogP contribution in [0.25, 0.3) is 0 Å². The lowest BCUT2D eigenvalue weighted by Crippen LogP contribution is -2.55. The van der Waals surface area contributed by atoms with Gasteiger partial charge in [0.2, 0.25) is 10.0 Å². The van der Waals surface area contributed by atoms with E-state index in [1.165, 1.54) is 27.4 Å². The third kappa shape index (κ3) is 3.62. The van der Waals surface area contributed by atoms with Crippen LogP contribution in [0.1, 0.15) is 28.8 Å². The van der Waals surface area contributed by atoms with Crippen molar-refractivity contribution in [2.45, 2.75) is 30.4 Å². The molecule has 2 aliphatic rings. The highest BCUT2D eigenvalue weighted by Gasteiger charge is 2.51. The molecule has 2 aliphatic heterocycles. The van der Waals surface area contributed by atoms with Crippen LogP contribution in [0.4, 0.5) is 4.39 Å². The van der Waals surface area contributed by atoms with Gasteiger partial charge in [-0.15, -0.1) is 0 Å². The van der Waals surface area contributed by atoms with Crippen LogP contribution in [0.15, 0.2) is 47.4 Å². The van der Waals surface area contributed by atoms with Crippen molar-refractivity contribution in [1.29, 1.82) is 0 Å². The van der Waals surface area contributed by atoms with Crippen LogP contribution in [0.3, 0.4) is 0 Å². The molecule has 30 heavy (non-hydrogen) atoms. The molecule has 2 saturated heterocycles. The Morgan fingerprint density at radius 2 is 1.77 bits per heavy atom. The molecule has 0 bridgehead atoms. The van der Waals surface area contributed by atoms with Gasteiger partial charge in [-0.1, -0.05) is 35.4 Å².